The maximum absolute atomic E-state index is 14.7. The first-order valence-electron chi connectivity index (χ1n) is 7.33. The minimum absolute atomic E-state index is 0.393. The first-order chi connectivity index (χ1) is 11.1. The quantitative estimate of drug-likeness (QED) is 0.756. The van der Waals surface area contributed by atoms with Crippen LogP contribution in [-0.2, 0) is 22.9 Å². The van der Waals surface area contributed by atoms with Crippen molar-refractivity contribution in [3.8, 4) is 0 Å². The predicted molar refractivity (Wildman–Crippen MR) is 76.7 cm³/mol. The van der Waals surface area contributed by atoms with Crippen LogP contribution in [0.3, 0.4) is 0 Å². The van der Waals surface area contributed by atoms with Crippen LogP contribution in [-0.4, -0.2) is 40.4 Å². The van der Waals surface area contributed by atoms with Crippen molar-refractivity contribution in [2.75, 3.05) is 6.61 Å². The molecule has 0 amide bonds. The van der Waals surface area contributed by atoms with Crippen LogP contribution in [0, 0.1) is 6.92 Å². The molecule has 1 aromatic heterocycles. The summed E-state index contributed by atoms with van der Waals surface area (Å²) >= 11 is 0. The first kappa shape index (κ1) is 17.6. The molecule has 0 aromatic carbocycles. The van der Waals surface area contributed by atoms with Crippen molar-refractivity contribution in [3.05, 3.63) is 28.4 Å². The number of aromatic nitrogens is 2. The van der Waals surface area contributed by atoms with Crippen molar-refractivity contribution in [1.29, 1.82) is 0 Å². The minimum atomic E-state index is -4.12. The summed E-state index contributed by atoms with van der Waals surface area (Å²) in [5.41, 5.74) is -0.481. The maximum Gasteiger partial charge on any atom is 0.475 e. The second-order valence-corrected chi connectivity index (χ2v) is 7.46. The van der Waals surface area contributed by atoms with Gasteiger partial charge in [-0.25, -0.2) is 9.36 Å². The lowest BCUT2D eigenvalue weighted by atomic mass is 10.1. The molecule has 3 heterocycles. The van der Waals surface area contributed by atoms with Gasteiger partial charge in [0.2, 0.25) is 6.23 Å². The number of fused-ring (bicyclic) bond motifs is 1. The van der Waals surface area contributed by atoms with Crippen molar-refractivity contribution in [3.63, 3.8) is 0 Å². The Morgan fingerprint density at radius 2 is 2.21 bits per heavy atom. The van der Waals surface area contributed by atoms with Gasteiger partial charge in [-0.2, -0.15) is 13.8 Å². The van der Waals surface area contributed by atoms with Gasteiger partial charge in [-0.15, -0.1) is 0 Å². The number of alkyl halides is 2. The van der Waals surface area contributed by atoms with Crippen LogP contribution in [0.15, 0.2) is 17.1 Å². The largest absolute Gasteiger partial charge is 0.475 e. The average Bonchev–Trinajstić information content (AvgIpc) is 2.69. The number of phosphoric ester groups is 1. The topological polar surface area (TPSA) is 88.9 Å². The average molecular weight is 366 g/mol. The van der Waals surface area contributed by atoms with Crippen LogP contribution < -0.4 is 5.69 Å². The number of ether oxygens (including phenoxy) is 1. The lowest BCUT2D eigenvalue weighted by Gasteiger charge is -2.32. The lowest BCUT2D eigenvalue weighted by molar-refractivity contribution is -0.139. The van der Waals surface area contributed by atoms with E-state index in [9.17, 15) is 18.1 Å². The highest BCUT2D eigenvalue weighted by atomic mass is 31.2. The summed E-state index contributed by atoms with van der Waals surface area (Å²) in [6.07, 6.45) is -4.33. The molecule has 4 atom stereocenters. The molecule has 0 spiro atoms. The number of rotatable bonds is 3. The van der Waals surface area contributed by atoms with Crippen LogP contribution >= 0.6 is 7.82 Å². The van der Waals surface area contributed by atoms with Crippen LogP contribution in [0.4, 0.5) is 8.78 Å². The van der Waals surface area contributed by atoms with Crippen molar-refractivity contribution in [1.82, 2.24) is 9.55 Å². The van der Waals surface area contributed by atoms with E-state index in [0.29, 0.717) is 10.3 Å². The minimum Gasteiger partial charge on any atom is -0.343 e. The zero-order chi connectivity index (χ0) is 17.7. The van der Waals surface area contributed by atoms with Crippen molar-refractivity contribution < 1.29 is 31.7 Å². The molecule has 0 N–H and O–H groups in total. The Balaban J connectivity index is 1.90. The molecule has 0 aliphatic carbocycles. The number of halogens is 2. The summed E-state index contributed by atoms with van der Waals surface area (Å²) in [4.78, 5) is 15.5. The molecule has 2 saturated heterocycles. The van der Waals surface area contributed by atoms with Gasteiger partial charge in [0.1, 0.15) is 6.10 Å². The van der Waals surface area contributed by atoms with Crippen molar-refractivity contribution >= 4 is 7.82 Å². The Kier molecular flexibility index (Phi) is 4.38. The van der Waals surface area contributed by atoms with E-state index in [1.165, 1.54) is 12.3 Å². The molecular formula is C13H17F2N2O6P. The molecule has 0 radical (unpaired) electrons. The SMILES string of the molecule is Cc1ccn([C@@H]2O[C@@H]3CO[P@](=O)(OC(C)C)O[C@H]3C2(F)F)c(=O)n1. The summed E-state index contributed by atoms with van der Waals surface area (Å²) < 4.78 is 62.6. The van der Waals surface area contributed by atoms with E-state index < -0.39 is 50.6 Å². The van der Waals surface area contributed by atoms with Gasteiger partial charge in [0.05, 0.1) is 12.7 Å². The van der Waals surface area contributed by atoms with Gasteiger partial charge in [-0.1, -0.05) is 0 Å². The van der Waals surface area contributed by atoms with Gasteiger partial charge in [-0.05, 0) is 26.8 Å². The third-order valence-corrected chi connectivity index (χ3v) is 5.18. The number of phosphoric acid groups is 1. The number of hydrogen-bond donors (Lipinski definition) is 0. The summed E-state index contributed by atoms with van der Waals surface area (Å²) in [6, 6.07) is 1.41. The van der Waals surface area contributed by atoms with Crippen LogP contribution in [0.1, 0.15) is 25.8 Å². The Bertz CT molecular complexity index is 739. The molecule has 2 fully saturated rings. The molecule has 8 nitrogen and oxygen atoms in total. The second kappa shape index (κ2) is 5.96. The van der Waals surface area contributed by atoms with E-state index in [-0.39, 0.29) is 0 Å². The molecule has 3 rings (SSSR count). The van der Waals surface area contributed by atoms with Gasteiger partial charge < -0.3 is 4.74 Å². The predicted octanol–water partition coefficient (Wildman–Crippen LogP) is 2.03. The highest BCUT2D eigenvalue weighted by Gasteiger charge is 2.65. The maximum atomic E-state index is 14.7. The Morgan fingerprint density at radius 1 is 1.50 bits per heavy atom. The van der Waals surface area contributed by atoms with E-state index in [0.717, 1.165) is 0 Å². The normalized spacial score (nSPS) is 35.2. The second-order valence-electron chi connectivity index (χ2n) is 5.88. The summed E-state index contributed by atoms with van der Waals surface area (Å²) in [5, 5.41) is 0. The van der Waals surface area contributed by atoms with Crippen LogP contribution in [0.25, 0.3) is 0 Å². The standard InChI is InChI=1S/C13H17F2N2O6P/c1-7(2)22-24(19)20-6-9-10(23-24)13(14,15)11(21-9)17-5-4-8(3)16-12(17)18/h4-5,7,9-11H,6H2,1-3H3/t9-,10-,11-,24-/m1/s1. The van der Waals surface area contributed by atoms with Gasteiger partial charge in [0.15, 0.2) is 6.10 Å². The summed E-state index contributed by atoms with van der Waals surface area (Å²) in [7, 11) is -4.12. The van der Waals surface area contributed by atoms with E-state index in [2.05, 4.69) is 4.98 Å². The van der Waals surface area contributed by atoms with Crippen molar-refractivity contribution in [2.24, 2.45) is 0 Å². The van der Waals surface area contributed by atoms with Gasteiger partial charge in [0, 0.05) is 11.9 Å². The monoisotopic (exact) mass is 366 g/mol. The molecule has 1 aromatic rings. The fraction of sp³-hybridized carbons (Fsp3) is 0.692. The first-order valence-corrected chi connectivity index (χ1v) is 8.79. The fourth-order valence-corrected chi connectivity index (χ4v) is 4.13. The number of nitrogens with zero attached hydrogens (tertiary/aromatic N) is 2. The zero-order valence-electron chi connectivity index (χ0n) is 13.2. The molecular weight excluding hydrogens is 349 g/mol. The highest BCUT2D eigenvalue weighted by Crippen LogP contribution is 2.60. The van der Waals surface area contributed by atoms with E-state index >= 15 is 0 Å². The summed E-state index contributed by atoms with van der Waals surface area (Å²) in [6.45, 7) is 4.31. The molecule has 24 heavy (non-hydrogen) atoms. The van der Waals surface area contributed by atoms with Gasteiger partial charge in [-0.3, -0.25) is 18.1 Å². The van der Waals surface area contributed by atoms with E-state index in [4.69, 9.17) is 18.3 Å². The molecule has 11 heteroatoms. The van der Waals surface area contributed by atoms with Crippen molar-refractivity contribution in [2.45, 2.75) is 51.2 Å². The number of hydrogen-bond acceptors (Lipinski definition) is 7. The van der Waals surface area contributed by atoms with Crippen LogP contribution in [0.2, 0.25) is 0 Å². The number of aryl methyl sites for hydroxylation is 1. The van der Waals surface area contributed by atoms with E-state index in [1.54, 1.807) is 20.8 Å². The van der Waals surface area contributed by atoms with Gasteiger partial charge in [0.25, 0.3) is 0 Å². The smallest absolute Gasteiger partial charge is 0.343 e. The summed E-state index contributed by atoms with van der Waals surface area (Å²) in [5.74, 6) is -3.62. The Morgan fingerprint density at radius 3 is 2.83 bits per heavy atom. The molecule has 0 bridgehead atoms. The Hall–Kier alpha value is -1.19. The molecule has 134 valence electrons. The Labute approximate surface area is 136 Å². The third kappa shape index (κ3) is 3.04. The van der Waals surface area contributed by atoms with Gasteiger partial charge >= 0.3 is 19.4 Å². The molecule has 0 saturated carbocycles. The highest BCUT2D eigenvalue weighted by molar-refractivity contribution is 7.48. The third-order valence-electron chi connectivity index (χ3n) is 3.55. The van der Waals surface area contributed by atoms with Crippen LogP contribution in [0.5, 0.6) is 0 Å². The zero-order valence-corrected chi connectivity index (χ0v) is 14.1. The fourth-order valence-electron chi connectivity index (χ4n) is 2.56. The van der Waals surface area contributed by atoms with E-state index in [1.807, 2.05) is 0 Å². The molecule has 0 unspecified atom stereocenters. The molecule has 2 aliphatic heterocycles. The lowest BCUT2D eigenvalue weighted by Crippen LogP contribution is -2.45. The molecule has 2 aliphatic rings.